The molecule has 0 aliphatic rings. The van der Waals surface area contributed by atoms with Gasteiger partial charge >= 0.3 is 5.97 Å². The molecule has 0 heterocycles. The average Bonchev–Trinajstić information content (AvgIpc) is 2.55. The van der Waals surface area contributed by atoms with Crippen molar-refractivity contribution in [3.63, 3.8) is 0 Å². The Bertz CT molecular complexity index is 284. The molecule has 0 aromatic rings. The van der Waals surface area contributed by atoms with Crippen molar-refractivity contribution in [3.05, 3.63) is 12.2 Å². The molecule has 0 rings (SSSR count). The SMILES string of the molecule is C=C(CCCCCCCCCCCCCC)C(=O)OCCCC. The lowest BCUT2D eigenvalue weighted by Crippen LogP contribution is -2.08. The van der Waals surface area contributed by atoms with Crippen molar-refractivity contribution >= 4 is 5.97 Å². The highest BCUT2D eigenvalue weighted by Gasteiger charge is 2.07. The molecule has 2 nitrogen and oxygen atoms in total. The monoisotopic (exact) mass is 324 g/mol. The van der Waals surface area contributed by atoms with Gasteiger partial charge in [-0.15, -0.1) is 0 Å². The molecular formula is C21H40O2. The maximum absolute atomic E-state index is 11.6. The van der Waals surface area contributed by atoms with Crippen molar-refractivity contribution in [2.45, 2.75) is 110 Å². The molecule has 0 aromatic carbocycles. The van der Waals surface area contributed by atoms with E-state index in [9.17, 15) is 4.79 Å². The number of carbonyl (C=O) groups is 1. The molecule has 0 N–H and O–H groups in total. The fourth-order valence-corrected chi connectivity index (χ4v) is 2.69. The summed E-state index contributed by atoms with van der Waals surface area (Å²) in [7, 11) is 0. The second-order valence-electron chi connectivity index (χ2n) is 6.73. The van der Waals surface area contributed by atoms with Gasteiger partial charge in [-0.05, 0) is 19.3 Å². The Morgan fingerprint density at radius 3 is 1.61 bits per heavy atom. The van der Waals surface area contributed by atoms with Crippen LogP contribution >= 0.6 is 0 Å². The van der Waals surface area contributed by atoms with Crippen molar-refractivity contribution in [1.29, 1.82) is 0 Å². The first-order chi connectivity index (χ1) is 11.2. The van der Waals surface area contributed by atoms with Gasteiger partial charge in [-0.1, -0.05) is 97.5 Å². The second-order valence-corrected chi connectivity index (χ2v) is 6.73. The molecular weight excluding hydrogens is 284 g/mol. The Morgan fingerprint density at radius 2 is 1.13 bits per heavy atom. The quantitative estimate of drug-likeness (QED) is 0.164. The Morgan fingerprint density at radius 1 is 0.696 bits per heavy atom. The predicted octanol–water partition coefficient (Wildman–Crippen LogP) is 6.98. The summed E-state index contributed by atoms with van der Waals surface area (Å²) in [6.07, 6.45) is 18.8. The Kier molecular flexibility index (Phi) is 17.0. The third kappa shape index (κ3) is 15.9. The number of ether oxygens (including phenoxy) is 1. The minimum absolute atomic E-state index is 0.193. The molecule has 0 aromatic heterocycles. The molecule has 0 atom stereocenters. The maximum Gasteiger partial charge on any atom is 0.333 e. The van der Waals surface area contributed by atoms with Crippen LogP contribution in [0.5, 0.6) is 0 Å². The van der Waals surface area contributed by atoms with E-state index < -0.39 is 0 Å². The topological polar surface area (TPSA) is 26.3 Å². The summed E-state index contributed by atoms with van der Waals surface area (Å²) in [6.45, 7) is 8.74. The summed E-state index contributed by atoms with van der Waals surface area (Å²) in [5.41, 5.74) is 0.646. The Labute approximate surface area is 145 Å². The number of esters is 1. The number of unbranched alkanes of at least 4 members (excludes halogenated alkanes) is 12. The molecule has 0 fully saturated rings. The molecule has 0 aliphatic carbocycles. The van der Waals surface area contributed by atoms with Gasteiger partial charge in [0.05, 0.1) is 6.61 Å². The van der Waals surface area contributed by atoms with E-state index in [0.29, 0.717) is 12.2 Å². The lowest BCUT2D eigenvalue weighted by atomic mass is 10.0. The highest BCUT2D eigenvalue weighted by atomic mass is 16.5. The first kappa shape index (κ1) is 22.2. The van der Waals surface area contributed by atoms with Gasteiger partial charge in [0, 0.05) is 5.57 Å². The third-order valence-electron chi connectivity index (χ3n) is 4.35. The van der Waals surface area contributed by atoms with Gasteiger partial charge < -0.3 is 4.74 Å². The van der Waals surface area contributed by atoms with E-state index >= 15 is 0 Å². The van der Waals surface area contributed by atoms with Gasteiger partial charge in [-0.25, -0.2) is 4.79 Å². The van der Waals surface area contributed by atoms with Crippen LogP contribution in [0.25, 0.3) is 0 Å². The minimum atomic E-state index is -0.193. The number of hydrogen-bond donors (Lipinski definition) is 0. The van der Waals surface area contributed by atoms with Crippen molar-refractivity contribution in [1.82, 2.24) is 0 Å². The van der Waals surface area contributed by atoms with E-state index in [1.807, 2.05) is 0 Å². The molecule has 0 amide bonds. The van der Waals surface area contributed by atoms with E-state index in [1.165, 1.54) is 70.6 Å². The van der Waals surface area contributed by atoms with Crippen LogP contribution < -0.4 is 0 Å². The number of carbonyl (C=O) groups excluding carboxylic acids is 1. The van der Waals surface area contributed by atoms with Gasteiger partial charge in [-0.2, -0.15) is 0 Å². The van der Waals surface area contributed by atoms with E-state index in [-0.39, 0.29) is 5.97 Å². The summed E-state index contributed by atoms with van der Waals surface area (Å²) in [6, 6.07) is 0. The zero-order chi connectivity index (χ0) is 17.2. The van der Waals surface area contributed by atoms with Gasteiger partial charge in [0.25, 0.3) is 0 Å². The Balaban J connectivity index is 3.26. The van der Waals surface area contributed by atoms with Crippen molar-refractivity contribution < 1.29 is 9.53 Å². The largest absolute Gasteiger partial charge is 0.462 e. The summed E-state index contributed by atoms with van der Waals surface area (Å²) in [5.74, 6) is -0.193. The zero-order valence-electron chi connectivity index (χ0n) is 15.8. The highest BCUT2D eigenvalue weighted by molar-refractivity contribution is 5.87. The van der Waals surface area contributed by atoms with Crippen LogP contribution in [0, 0.1) is 0 Å². The maximum atomic E-state index is 11.6. The fraction of sp³-hybridized carbons (Fsp3) is 0.857. The molecule has 0 saturated heterocycles. The number of hydrogen-bond acceptors (Lipinski definition) is 2. The molecule has 0 radical (unpaired) electrons. The summed E-state index contributed by atoms with van der Waals surface area (Å²) in [5, 5.41) is 0. The first-order valence-electron chi connectivity index (χ1n) is 10.1. The molecule has 23 heavy (non-hydrogen) atoms. The van der Waals surface area contributed by atoms with E-state index in [1.54, 1.807) is 0 Å². The molecule has 2 heteroatoms. The van der Waals surface area contributed by atoms with Crippen LogP contribution in [0.2, 0.25) is 0 Å². The lowest BCUT2D eigenvalue weighted by Gasteiger charge is -2.06. The van der Waals surface area contributed by atoms with Crippen LogP contribution in [0.3, 0.4) is 0 Å². The van der Waals surface area contributed by atoms with Gasteiger partial charge in [0.1, 0.15) is 0 Å². The third-order valence-corrected chi connectivity index (χ3v) is 4.35. The zero-order valence-corrected chi connectivity index (χ0v) is 15.8. The van der Waals surface area contributed by atoms with Crippen LogP contribution in [0.15, 0.2) is 12.2 Å². The van der Waals surface area contributed by atoms with Gasteiger partial charge in [0.15, 0.2) is 0 Å². The number of rotatable bonds is 17. The molecule has 0 saturated carbocycles. The first-order valence-corrected chi connectivity index (χ1v) is 10.1. The van der Waals surface area contributed by atoms with E-state index in [2.05, 4.69) is 20.4 Å². The van der Waals surface area contributed by atoms with Crippen molar-refractivity contribution in [2.75, 3.05) is 6.61 Å². The lowest BCUT2D eigenvalue weighted by molar-refractivity contribution is -0.139. The standard InChI is InChI=1S/C21H40O2/c1-4-6-8-9-10-11-12-13-14-15-16-17-18-20(3)21(22)23-19-7-5-2/h3-19H2,1-2H3. The second kappa shape index (κ2) is 17.6. The fourth-order valence-electron chi connectivity index (χ4n) is 2.69. The van der Waals surface area contributed by atoms with E-state index in [0.717, 1.165) is 25.7 Å². The predicted molar refractivity (Wildman–Crippen MR) is 101 cm³/mol. The van der Waals surface area contributed by atoms with Crippen LogP contribution in [0.4, 0.5) is 0 Å². The van der Waals surface area contributed by atoms with Crippen LogP contribution in [-0.2, 0) is 9.53 Å². The molecule has 0 bridgehead atoms. The summed E-state index contributed by atoms with van der Waals surface area (Å²) >= 11 is 0. The minimum Gasteiger partial charge on any atom is -0.462 e. The average molecular weight is 325 g/mol. The molecule has 0 aliphatic heterocycles. The summed E-state index contributed by atoms with van der Waals surface area (Å²) in [4.78, 5) is 11.6. The van der Waals surface area contributed by atoms with Crippen molar-refractivity contribution in [2.24, 2.45) is 0 Å². The normalized spacial score (nSPS) is 10.7. The van der Waals surface area contributed by atoms with Crippen molar-refractivity contribution in [3.8, 4) is 0 Å². The summed E-state index contributed by atoms with van der Waals surface area (Å²) < 4.78 is 5.16. The Hall–Kier alpha value is -0.790. The van der Waals surface area contributed by atoms with Crippen LogP contribution in [0.1, 0.15) is 110 Å². The van der Waals surface area contributed by atoms with Crippen LogP contribution in [-0.4, -0.2) is 12.6 Å². The van der Waals surface area contributed by atoms with Gasteiger partial charge in [0.2, 0.25) is 0 Å². The smallest absolute Gasteiger partial charge is 0.333 e. The molecule has 0 spiro atoms. The van der Waals surface area contributed by atoms with E-state index in [4.69, 9.17) is 4.74 Å². The molecule has 0 unspecified atom stereocenters. The van der Waals surface area contributed by atoms with Gasteiger partial charge in [-0.3, -0.25) is 0 Å². The highest BCUT2D eigenvalue weighted by Crippen LogP contribution is 2.14. The molecule has 136 valence electrons.